The second-order valence-corrected chi connectivity index (χ2v) is 10.4. The summed E-state index contributed by atoms with van der Waals surface area (Å²) in [6.07, 6.45) is 6.13. The molecule has 0 bridgehead atoms. The third-order valence-electron chi connectivity index (χ3n) is 7.60. The van der Waals surface area contributed by atoms with Gasteiger partial charge >= 0.3 is 0 Å². The maximum Gasteiger partial charge on any atom is 0.0393 e. The Labute approximate surface area is 242 Å². The predicted octanol–water partition coefficient (Wildman–Crippen LogP) is 9.72. The average Bonchev–Trinajstić information content (AvgIpc) is 3.05. The van der Waals surface area contributed by atoms with E-state index in [1.165, 1.54) is 38.6 Å². The lowest BCUT2D eigenvalue weighted by Gasteiger charge is -2.13. The molecule has 6 aromatic carbocycles. The van der Waals surface area contributed by atoms with Gasteiger partial charge in [0.1, 0.15) is 0 Å². The molecule has 0 fully saturated rings. The molecule has 41 heavy (non-hydrogen) atoms. The highest BCUT2D eigenvalue weighted by molar-refractivity contribution is 5.99. The van der Waals surface area contributed by atoms with Gasteiger partial charge in [-0.2, -0.15) is 0 Å². The zero-order valence-electron chi connectivity index (χ0n) is 23.1. The summed E-state index contributed by atoms with van der Waals surface area (Å²) in [5, 5.41) is 2.58. The molecule has 0 saturated heterocycles. The van der Waals surface area contributed by atoms with Gasteiger partial charge in [0.05, 0.1) is 0 Å². The molecule has 0 radical (unpaired) electrons. The molecule has 0 saturated carbocycles. The maximum atomic E-state index is 6.58. The average molecular weight is 528 g/mol. The Balaban J connectivity index is 1.35. The molecule has 0 heterocycles. The molecular formula is C40H33N. The van der Waals surface area contributed by atoms with Gasteiger partial charge in [-0.3, -0.25) is 0 Å². The van der Waals surface area contributed by atoms with Crippen molar-refractivity contribution < 1.29 is 0 Å². The molecule has 0 aliphatic carbocycles. The first-order valence-electron chi connectivity index (χ1n) is 14.2. The highest BCUT2D eigenvalue weighted by Gasteiger charge is 2.10. The second kappa shape index (κ2) is 12.4. The molecule has 0 aromatic heterocycles. The van der Waals surface area contributed by atoms with Gasteiger partial charge in [-0.15, -0.1) is 0 Å². The zero-order valence-corrected chi connectivity index (χ0v) is 23.1. The van der Waals surface area contributed by atoms with E-state index < -0.39 is 0 Å². The first-order valence-corrected chi connectivity index (χ1v) is 14.2. The second-order valence-electron chi connectivity index (χ2n) is 10.4. The summed E-state index contributed by atoms with van der Waals surface area (Å²) in [5.41, 5.74) is 17.0. The van der Waals surface area contributed by atoms with Crippen molar-refractivity contribution in [1.82, 2.24) is 0 Å². The van der Waals surface area contributed by atoms with Gasteiger partial charge in [0.2, 0.25) is 0 Å². The van der Waals surface area contributed by atoms with E-state index in [2.05, 4.69) is 146 Å². The molecular weight excluding hydrogens is 494 g/mol. The summed E-state index contributed by atoms with van der Waals surface area (Å²) in [6, 6.07) is 53.6. The fourth-order valence-corrected chi connectivity index (χ4v) is 5.41. The third kappa shape index (κ3) is 6.21. The minimum absolute atomic E-state index is 0.758. The van der Waals surface area contributed by atoms with Gasteiger partial charge in [-0.25, -0.2) is 0 Å². The van der Waals surface area contributed by atoms with Crippen molar-refractivity contribution in [2.75, 3.05) is 0 Å². The molecule has 0 aliphatic rings. The van der Waals surface area contributed by atoms with Crippen LogP contribution in [0.5, 0.6) is 0 Å². The van der Waals surface area contributed by atoms with Crippen molar-refractivity contribution in [2.45, 2.75) is 12.8 Å². The molecule has 0 spiro atoms. The van der Waals surface area contributed by atoms with Crippen LogP contribution in [0.15, 0.2) is 164 Å². The summed E-state index contributed by atoms with van der Waals surface area (Å²) in [4.78, 5) is 0. The lowest BCUT2D eigenvalue weighted by Crippen LogP contribution is -1.97. The van der Waals surface area contributed by atoms with Crippen LogP contribution in [0.1, 0.15) is 27.8 Å². The molecule has 0 amide bonds. The fraction of sp³-hybridized carbons (Fsp3) is 0.0500. The number of hydrogen-bond acceptors (Lipinski definition) is 1. The number of benzene rings is 6. The van der Waals surface area contributed by atoms with Crippen LogP contribution in [0.4, 0.5) is 0 Å². The van der Waals surface area contributed by atoms with E-state index in [0.717, 1.165) is 35.2 Å². The normalized spacial score (nSPS) is 12.0. The molecule has 198 valence electrons. The van der Waals surface area contributed by atoms with Crippen LogP contribution in [-0.2, 0) is 12.8 Å². The lowest BCUT2D eigenvalue weighted by molar-refractivity contribution is 1.21. The summed E-state index contributed by atoms with van der Waals surface area (Å²) < 4.78 is 0. The van der Waals surface area contributed by atoms with Gasteiger partial charge in [0.25, 0.3) is 0 Å². The summed E-state index contributed by atoms with van der Waals surface area (Å²) in [7, 11) is 0. The topological polar surface area (TPSA) is 26.0 Å². The van der Waals surface area contributed by atoms with Crippen molar-refractivity contribution in [3.63, 3.8) is 0 Å². The van der Waals surface area contributed by atoms with Crippen LogP contribution in [0, 0.1) is 0 Å². The van der Waals surface area contributed by atoms with E-state index in [0.29, 0.717) is 0 Å². The van der Waals surface area contributed by atoms with Crippen molar-refractivity contribution >= 4 is 22.0 Å². The smallest absolute Gasteiger partial charge is 0.0393 e. The molecule has 0 unspecified atom stereocenters. The number of hydrogen-bond donors (Lipinski definition) is 1. The molecule has 6 rings (SSSR count). The zero-order chi connectivity index (χ0) is 27.9. The molecule has 0 atom stereocenters. The first-order chi connectivity index (χ1) is 20.2. The van der Waals surface area contributed by atoms with E-state index >= 15 is 0 Å². The molecule has 1 heteroatoms. The van der Waals surface area contributed by atoms with Crippen LogP contribution >= 0.6 is 0 Å². The Kier molecular flexibility index (Phi) is 7.87. The standard InChI is InChI=1S/C40H33N/c41-40(34-16-8-3-9-17-34)29-35(21-20-30-12-4-1-5-13-30)32-22-24-33(25-23-32)38-27-26-36(28-31-14-6-2-7-15-31)37-18-10-11-19-39(37)38/h1-19,21-27,29H,20,28,41H2/b35-21+,40-29-. The van der Waals surface area contributed by atoms with Gasteiger partial charge in [-0.1, -0.05) is 158 Å². The van der Waals surface area contributed by atoms with Crippen LogP contribution in [0.2, 0.25) is 0 Å². The van der Waals surface area contributed by atoms with Crippen molar-refractivity contribution in [2.24, 2.45) is 5.73 Å². The van der Waals surface area contributed by atoms with Crippen molar-refractivity contribution in [3.05, 3.63) is 192 Å². The molecule has 1 nitrogen and oxygen atoms in total. The fourth-order valence-electron chi connectivity index (χ4n) is 5.41. The van der Waals surface area contributed by atoms with E-state index in [1.807, 2.05) is 18.2 Å². The monoisotopic (exact) mass is 527 g/mol. The van der Waals surface area contributed by atoms with Crippen molar-refractivity contribution in [1.29, 1.82) is 0 Å². The lowest BCUT2D eigenvalue weighted by atomic mass is 9.91. The van der Waals surface area contributed by atoms with Gasteiger partial charge < -0.3 is 5.73 Å². The molecule has 2 N–H and O–H groups in total. The summed E-state index contributed by atoms with van der Waals surface area (Å²) in [5.74, 6) is 0. The van der Waals surface area contributed by atoms with Gasteiger partial charge in [0.15, 0.2) is 0 Å². The Bertz CT molecular complexity index is 1800. The molecule has 6 aromatic rings. The number of nitrogens with two attached hydrogens (primary N) is 1. The highest BCUT2D eigenvalue weighted by Crippen LogP contribution is 2.33. The van der Waals surface area contributed by atoms with Crippen LogP contribution in [-0.4, -0.2) is 0 Å². The SMILES string of the molecule is N/C(=C\C(=C/Cc1ccccc1)c1ccc(-c2ccc(Cc3ccccc3)c3ccccc23)cc1)c1ccccc1. The quantitative estimate of drug-likeness (QED) is 0.196. The van der Waals surface area contributed by atoms with Crippen LogP contribution in [0.25, 0.3) is 33.2 Å². The van der Waals surface area contributed by atoms with Crippen LogP contribution < -0.4 is 5.73 Å². The Morgan fingerprint density at radius 2 is 1.10 bits per heavy atom. The van der Waals surface area contributed by atoms with Crippen LogP contribution in [0.3, 0.4) is 0 Å². The number of rotatable bonds is 8. The Morgan fingerprint density at radius 1 is 0.512 bits per heavy atom. The van der Waals surface area contributed by atoms with E-state index in [9.17, 15) is 0 Å². The Hall–Kier alpha value is -5.14. The minimum Gasteiger partial charge on any atom is -0.398 e. The number of fused-ring (bicyclic) bond motifs is 1. The maximum absolute atomic E-state index is 6.58. The van der Waals surface area contributed by atoms with E-state index in [4.69, 9.17) is 5.73 Å². The summed E-state index contributed by atoms with van der Waals surface area (Å²) in [6.45, 7) is 0. The minimum atomic E-state index is 0.758. The molecule has 0 aliphatic heterocycles. The summed E-state index contributed by atoms with van der Waals surface area (Å²) >= 11 is 0. The number of allylic oxidation sites excluding steroid dienone is 3. The third-order valence-corrected chi connectivity index (χ3v) is 7.60. The van der Waals surface area contributed by atoms with Gasteiger partial charge in [-0.05, 0) is 74.2 Å². The van der Waals surface area contributed by atoms with E-state index in [1.54, 1.807) is 0 Å². The predicted molar refractivity (Wildman–Crippen MR) is 175 cm³/mol. The highest BCUT2D eigenvalue weighted by atomic mass is 14.6. The first kappa shape index (κ1) is 26.1. The van der Waals surface area contributed by atoms with E-state index in [-0.39, 0.29) is 0 Å². The Morgan fingerprint density at radius 3 is 1.78 bits per heavy atom. The van der Waals surface area contributed by atoms with Gasteiger partial charge in [0, 0.05) is 5.70 Å². The van der Waals surface area contributed by atoms with Crippen molar-refractivity contribution in [3.8, 4) is 11.1 Å². The largest absolute Gasteiger partial charge is 0.398 e.